The molecule has 0 saturated heterocycles. The van der Waals surface area contributed by atoms with Gasteiger partial charge in [-0.05, 0) is 36.0 Å². The Balaban J connectivity index is 2.48. The van der Waals surface area contributed by atoms with Crippen LogP contribution in [0.4, 0.5) is 0 Å². The summed E-state index contributed by atoms with van der Waals surface area (Å²) < 4.78 is 10.5. The Morgan fingerprint density at radius 1 is 1.06 bits per heavy atom. The molecule has 2 nitrogen and oxygen atoms in total. The first kappa shape index (κ1) is 14.6. The van der Waals surface area contributed by atoms with Crippen molar-refractivity contribution in [3.63, 3.8) is 0 Å². The smallest absolute Gasteiger partial charge is 0.0700 e. The van der Waals surface area contributed by atoms with Crippen molar-refractivity contribution in [3.8, 4) is 0 Å². The lowest BCUT2D eigenvalue weighted by atomic mass is 10.2. The quantitative estimate of drug-likeness (QED) is 0.698. The van der Waals surface area contributed by atoms with Crippen LogP contribution in [0.5, 0.6) is 0 Å². The van der Waals surface area contributed by atoms with Gasteiger partial charge in [-0.2, -0.15) is 0 Å². The maximum Gasteiger partial charge on any atom is 0.0700 e. The Morgan fingerprint density at radius 2 is 1.76 bits per heavy atom. The molecule has 1 aromatic rings. The van der Waals surface area contributed by atoms with Crippen molar-refractivity contribution >= 4 is 10.0 Å². The number of rotatable bonds is 7. The third-order valence-electron chi connectivity index (χ3n) is 2.86. The van der Waals surface area contributed by atoms with Crippen molar-refractivity contribution in [2.75, 3.05) is 45.2 Å². The molecule has 3 heteroatoms. The molecule has 0 aliphatic carbocycles. The van der Waals surface area contributed by atoms with E-state index in [0.717, 1.165) is 12.4 Å². The van der Waals surface area contributed by atoms with Gasteiger partial charge in [-0.25, -0.2) is 10.0 Å². The van der Waals surface area contributed by atoms with Crippen LogP contribution in [-0.4, -0.2) is 45.2 Å². The van der Waals surface area contributed by atoms with Crippen LogP contribution in [0.1, 0.15) is 5.56 Å². The minimum Gasteiger partial charge on any atom is -0.382 e. The number of hydrogen-bond acceptors (Lipinski definition) is 2. The number of hydrogen-bond donors (Lipinski definition) is 0. The summed E-state index contributed by atoms with van der Waals surface area (Å²) in [6, 6.07) is 8.67. The largest absolute Gasteiger partial charge is 0.382 e. The standard InChI is InChI=1S/C14H24O2S/c1-13-7-5-6-8-14(13)17(3,4)12-11-16-10-9-15-2/h5-8H,9-12H2,1-4H3. The molecule has 0 unspecified atom stereocenters. The van der Waals surface area contributed by atoms with E-state index in [4.69, 9.17) is 9.47 Å². The van der Waals surface area contributed by atoms with Crippen molar-refractivity contribution in [2.24, 2.45) is 0 Å². The molecule has 1 aromatic carbocycles. The van der Waals surface area contributed by atoms with Crippen molar-refractivity contribution in [3.05, 3.63) is 29.8 Å². The van der Waals surface area contributed by atoms with Crippen molar-refractivity contribution in [1.29, 1.82) is 0 Å². The zero-order valence-electron chi connectivity index (χ0n) is 11.4. The summed E-state index contributed by atoms with van der Waals surface area (Å²) in [5.41, 5.74) is 1.39. The van der Waals surface area contributed by atoms with E-state index in [9.17, 15) is 0 Å². The highest BCUT2D eigenvalue weighted by Gasteiger charge is 2.16. The fraction of sp³-hybridized carbons (Fsp3) is 0.571. The Kier molecular flexibility index (Phi) is 6.03. The molecule has 0 amide bonds. The van der Waals surface area contributed by atoms with Crippen LogP contribution < -0.4 is 0 Å². The second-order valence-corrected chi connectivity index (χ2v) is 8.54. The van der Waals surface area contributed by atoms with Gasteiger partial charge in [-0.1, -0.05) is 18.2 Å². The van der Waals surface area contributed by atoms with E-state index >= 15 is 0 Å². The molecule has 0 N–H and O–H groups in total. The van der Waals surface area contributed by atoms with Gasteiger partial charge in [0.05, 0.1) is 19.8 Å². The van der Waals surface area contributed by atoms with Crippen LogP contribution in [0.2, 0.25) is 0 Å². The summed E-state index contributed by atoms with van der Waals surface area (Å²) in [4.78, 5) is 1.50. The lowest BCUT2D eigenvalue weighted by Crippen LogP contribution is -2.12. The summed E-state index contributed by atoms with van der Waals surface area (Å²) >= 11 is 0. The van der Waals surface area contributed by atoms with Gasteiger partial charge in [0.2, 0.25) is 0 Å². The topological polar surface area (TPSA) is 18.5 Å². The zero-order valence-corrected chi connectivity index (χ0v) is 12.2. The molecule has 0 radical (unpaired) electrons. The molecule has 17 heavy (non-hydrogen) atoms. The lowest BCUT2D eigenvalue weighted by molar-refractivity contribution is 0.0788. The van der Waals surface area contributed by atoms with Crippen LogP contribution in [0, 0.1) is 6.92 Å². The van der Waals surface area contributed by atoms with Crippen LogP contribution >= 0.6 is 10.0 Å². The monoisotopic (exact) mass is 256 g/mol. The third-order valence-corrected chi connectivity index (χ3v) is 5.69. The summed E-state index contributed by atoms with van der Waals surface area (Å²) in [6.07, 6.45) is 4.71. The highest BCUT2D eigenvalue weighted by Crippen LogP contribution is 2.49. The van der Waals surface area contributed by atoms with Gasteiger partial charge in [0.1, 0.15) is 0 Å². The average molecular weight is 256 g/mol. The first-order valence-electron chi connectivity index (χ1n) is 5.91. The van der Waals surface area contributed by atoms with E-state index in [0.29, 0.717) is 13.2 Å². The predicted octanol–water partition coefficient (Wildman–Crippen LogP) is 3.08. The van der Waals surface area contributed by atoms with E-state index in [1.54, 1.807) is 7.11 Å². The molecule has 0 atom stereocenters. The summed E-state index contributed by atoms with van der Waals surface area (Å²) in [6.45, 7) is 4.38. The zero-order chi connectivity index (χ0) is 12.7. The van der Waals surface area contributed by atoms with Crippen LogP contribution in [0.3, 0.4) is 0 Å². The van der Waals surface area contributed by atoms with E-state index < -0.39 is 10.0 Å². The number of ether oxygens (including phenoxy) is 2. The molecular formula is C14H24O2S. The minimum atomic E-state index is -0.744. The Morgan fingerprint density at radius 3 is 2.41 bits per heavy atom. The van der Waals surface area contributed by atoms with E-state index in [1.165, 1.54) is 10.5 Å². The first-order chi connectivity index (χ1) is 8.08. The van der Waals surface area contributed by atoms with Gasteiger partial charge in [-0.15, -0.1) is 0 Å². The molecule has 0 saturated carbocycles. The van der Waals surface area contributed by atoms with E-state index in [1.807, 2.05) is 0 Å². The number of methoxy groups -OCH3 is 1. The number of aryl methyl sites for hydroxylation is 1. The third kappa shape index (κ3) is 4.70. The number of benzene rings is 1. The normalized spacial score (nSPS) is 12.7. The molecule has 0 aliphatic heterocycles. The maximum absolute atomic E-state index is 5.57. The average Bonchev–Trinajstić information content (AvgIpc) is 2.29. The SMILES string of the molecule is COCCOCCS(C)(C)c1ccccc1C. The highest BCUT2D eigenvalue weighted by molar-refractivity contribution is 8.32. The molecule has 0 spiro atoms. The molecule has 0 heterocycles. The van der Waals surface area contributed by atoms with Crippen molar-refractivity contribution < 1.29 is 9.47 Å². The molecule has 98 valence electrons. The van der Waals surface area contributed by atoms with Crippen molar-refractivity contribution in [1.82, 2.24) is 0 Å². The summed E-state index contributed by atoms with van der Waals surface area (Å²) in [7, 11) is 0.956. The van der Waals surface area contributed by atoms with Gasteiger partial charge in [-0.3, -0.25) is 0 Å². The molecular weight excluding hydrogens is 232 g/mol. The Hall–Kier alpha value is -0.510. The minimum absolute atomic E-state index is 0.681. The Bertz CT molecular complexity index is 337. The van der Waals surface area contributed by atoms with Gasteiger partial charge < -0.3 is 9.47 Å². The predicted molar refractivity (Wildman–Crippen MR) is 76.4 cm³/mol. The molecule has 0 bridgehead atoms. The Labute approximate surface area is 107 Å². The van der Waals surface area contributed by atoms with Gasteiger partial charge in [0.25, 0.3) is 0 Å². The van der Waals surface area contributed by atoms with Gasteiger partial charge >= 0.3 is 0 Å². The lowest BCUT2D eigenvalue weighted by Gasteiger charge is -2.33. The van der Waals surface area contributed by atoms with Crippen LogP contribution in [0.15, 0.2) is 29.2 Å². The molecule has 1 rings (SSSR count). The summed E-state index contributed by atoms with van der Waals surface area (Å²) in [5, 5.41) is 0. The highest BCUT2D eigenvalue weighted by atomic mass is 32.3. The molecule has 0 aliphatic rings. The second-order valence-electron chi connectivity index (χ2n) is 4.61. The first-order valence-corrected chi connectivity index (χ1v) is 8.53. The fourth-order valence-corrected chi connectivity index (χ4v) is 3.94. The van der Waals surface area contributed by atoms with E-state index in [2.05, 4.69) is 43.7 Å². The van der Waals surface area contributed by atoms with E-state index in [-0.39, 0.29) is 0 Å². The fourth-order valence-electron chi connectivity index (χ4n) is 1.80. The van der Waals surface area contributed by atoms with Crippen LogP contribution in [0.25, 0.3) is 0 Å². The second kappa shape index (κ2) is 7.04. The molecule has 0 aromatic heterocycles. The maximum atomic E-state index is 5.57. The van der Waals surface area contributed by atoms with Crippen LogP contribution in [-0.2, 0) is 9.47 Å². The molecule has 0 fully saturated rings. The van der Waals surface area contributed by atoms with Gasteiger partial charge in [0.15, 0.2) is 0 Å². The van der Waals surface area contributed by atoms with Crippen molar-refractivity contribution in [2.45, 2.75) is 11.8 Å². The summed E-state index contributed by atoms with van der Waals surface area (Å²) in [5.74, 6) is 1.11. The van der Waals surface area contributed by atoms with Gasteiger partial charge in [0, 0.05) is 12.9 Å².